The summed E-state index contributed by atoms with van der Waals surface area (Å²) in [5, 5.41) is 14.7. The average molecular weight is 331 g/mol. The van der Waals surface area contributed by atoms with Crippen molar-refractivity contribution in [3.05, 3.63) is 52.1 Å². The van der Waals surface area contributed by atoms with Gasteiger partial charge in [0.05, 0.1) is 38.2 Å². The van der Waals surface area contributed by atoms with Crippen LogP contribution < -0.4 is 19.6 Å². The number of ether oxygens (including phenoxy) is 3. The van der Waals surface area contributed by atoms with Gasteiger partial charge in [0.15, 0.2) is 11.5 Å². The largest absolute Gasteiger partial charge is 0.493 e. The summed E-state index contributed by atoms with van der Waals surface area (Å²) in [5.41, 5.74) is 4.12. The van der Waals surface area contributed by atoms with Crippen LogP contribution in [-0.2, 0) is 0 Å². The lowest BCUT2D eigenvalue weighted by atomic mass is 10.2. The fourth-order valence-electron chi connectivity index (χ4n) is 2.06. The van der Waals surface area contributed by atoms with E-state index in [0.717, 1.165) is 0 Å². The van der Waals surface area contributed by atoms with Crippen molar-refractivity contribution in [1.82, 2.24) is 0 Å². The van der Waals surface area contributed by atoms with Crippen LogP contribution in [-0.4, -0.2) is 32.5 Å². The summed E-state index contributed by atoms with van der Waals surface area (Å²) in [6, 6.07) is 9.46. The van der Waals surface area contributed by atoms with E-state index in [2.05, 4.69) is 10.5 Å². The van der Waals surface area contributed by atoms with E-state index in [9.17, 15) is 10.1 Å². The van der Waals surface area contributed by atoms with E-state index in [1.807, 2.05) is 0 Å². The molecule has 2 aromatic rings. The fraction of sp³-hybridized carbons (Fsp3) is 0.188. The van der Waals surface area contributed by atoms with Gasteiger partial charge >= 0.3 is 0 Å². The summed E-state index contributed by atoms with van der Waals surface area (Å²) in [5.74, 6) is 1.51. The first-order valence-corrected chi connectivity index (χ1v) is 6.93. The van der Waals surface area contributed by atoms with Gasteiger partial charge in [-0.1, -0.05) is 0 Å². The maximum absolute atomic E-state index is 10.6. The number of anilines is 1. The minimum atomic E-state index is -0.457. The highest BCUT2D eigenvalue weighted by atomic mass is 16.6. The zero-order valence-electron chi connectivity index (χ0n) is 13.5. The van der Waals surface area contributed by atoms with E-state index in [1.54, 1.807) is 37.6 Å². The highest BCUT2D eigenvalue weighted by Gasteiger charge is 2.14. The number of nitrogens with one attached hydrogen (secondary N) is 1. The molecule has 8 heteroatoms. The minimum Gasteiger partial charge on any atom is -0.493 e. The van der Waals surface area contributed by atoms with E-state index >= 15 is 0 Å². The zero-order chi connectivity index (χ0) is 17.5. The first kappa shape index (κ1) is 17.1. The second-order valence-electron chi connectivity index (χ2n) is 4.60. The summed E-state index contributed by atoms with van der Waals surface area (Å²) < 4.78 is 15.9. The van der Waals surface area contributed by atoms with Crippen molar-refractivity contribution in [2.45, 2.75) is 0 Å². The van der Waals surface area contributed by atoms with E-state index in [1.165, 1.54) is 26.4 Å². The van der Waals surface area contributed by atoms with Gasteiger partial charge in [0.2, 0.25) is 5.75 Å². The summed E-state index contributed by atoms with van der Waals surface area (Å²) in [6.45, 7) is 0. The molecule has 0 heterocycles. The topological polar surface area (TPSA) is 95.2 Å². The molecule has 0 aliphatic carbocycles. The van der Waals surface area contributed by atoms with Crippen molar-refractivity contribution in [2.24, 2.45) is 5.10 Å². The number of methoxy groups -OCH3 is 3. The molecule has 0 aliphatic heterocycles. The lowest BCUT2D eigenvalue weighted by molar-refractivity contribution is -0.384. The Labute approximate surface area is 138 Å². The van der Waals surface area contributed by atoms with Gasteiger partial charge in [0.1, 0.15) is 0 Å². The lowest BCUT2D eigenvalue weighted by Crippen LogP contribution is -1.99. The zero-order valence-corrected chi connectivity index (χ0v) is 13.5. The molecule has 126 valence electrons. The number of hydrogen-bond acceptors (Lipinski definition) is 7. The Bertz CT molecular complexity index is 744. The SMILES string of the molecule is COc1ccc(/C=N\Nc2ccc([N+](=O)[O-])cc2)c(OC)c1OC. The molecular formula is C16H17N3O5. The number of nitro benzene ring substituents is 1. The van der Waals surface area contributed by atoms with Crippen molar-refractivity contribution in [3.63, 3.8) is 0 Å². The van der Waals surface area contributed by atoms with Gasteiger partial charge in [-0.25, -0.2) is 0 Å². The highest BCUT2D eigenvalue weighted by molar-refractivity contribution is 5.86. The van der Waals surface area contributed by atoms with Gasteiger partial charge in [0, 0.05) is 17.7 Å². The van der Waals surface area contributed by atoms with E-state index in [4.69, 9.17) is 14.2 Å². The predicted octanol–water partition coefficient (Wildman–Crippen LogP) is 3.07. The van der Waals surface area contributed by atoms with Crippen LogP contribution in [0.2, 0.25) is 0 Å². The Morgan fingerprint density at radius 1 is 1.00 bits per heavy atom. The Balaban J connectivity index is 2.18. The van der Waals surface area contributed by atoms with Gasteiger partial charge in [-0.05, 0) is 24.3 Å². The monoisotopic (exact) mass is 331 g/mol. The third kappa shape index (κ3) is 3.72. The molecule has 0 aromatic heterocycles. The standard InChI is InChI=1S/C16H17N3O5/c1-22-14-9-4-11(15(23-2)16(14)24-3)10-17-18-12-5-7-13(8-6-12)19(20)21/h4-10,18H,1-3H3/b17-10-. The molecule has 0 amide bonds. The third-order valence-electron chi connectivity index (χ3n) is 3.21. The molecule has 0 atom stereocenters. The summed E-state index contributed by atoms with van der Waals surface area (Å²) >= 11 is 0. The molecule has 0 fully saturated rings. The molecule has 0 saturated carbocycles. The van der Waals surface area contributed by atoms with Crippen molar-refractivity contribution in [2.75, 3.05) is 26.8 Å². The fourth-order valence-corrected chi connectivity index (χ4v) is 2.06. The van der Waals surface area contributed by atoms with Gasteiger partial charge < -0.3 is 14.2 Å². The number of rotatable bonds is 7. The summed E-state index contributed by atoms with van der Waals surface area (Å²) in [4.78, 5) is 10.2. The Morgan fingerprint density at radius 2 is 1.67 bits per heavy atom. The smallest absolute Gasteiger partial charge is 0.269 e. The molecule has 0 bridgehead atoms. The first-order chi connectivity index (χ1) is 11.6. The first-order valence-electron chi connectivity index (χ1n) is 6.93. The molecule has 1 N–H and O–H groups in total. The van der Waals surface area contributed by atoms with Crippen LogP contribution in [0.15, 0.2) is 41.5 Å². The number of nitrogens with zero attached hydrogens (tertiary/aromatic N) is 2. The summed E-state index contributed by atoms with van der Waals surface area (Å²) in [6.07, 6.45) is 1.56. The summed E-state index contributed by atoms with van der Waals surface area (Å²) in [7, 11) is 4.59. The average Bonchev–Trinajstić information content (AvgIpc) is 2.61. The number of benzene rings is 2. The quantitative estimate of drug-likeness (QED) is 0.476. The molecule has 2 rings (SSSR count). The van der Waals surface area contributed by atoms with Gasteiger partial charge in [-0.15, -0.1) is 0 Å². The molecule has 0 aliphatic rings. The van der Waals surface area contributed by atoms with Crippen molar-refractivity contribution >= 4 is 17.6 Å². The van der Waals surface area contributed by atoms with Crippen molar-refractivity contribution in [1.29, 1.82) is 0 Å². The van der Waals surface area contributed by atoms with E-state index < -0.39 is 4.92 Å². The second kappa shape index (κ2) is 7.82. The molecule has 24 heavy (non-hydrogen) atoms. The maximum atomic E-state index is 10.6. The number of hydrogen-bond donors (Lipinski definition) is 1. The van der Waals surface area contributed by atoms with Crippen LogP contribution in [0.25, 0.3) is 0 Å². The number of nitro groups is 1. The normalized spacial score (nSPS) is 10.5. The Morgan fingerprint density at radius 3 is 2.21 bits per heavy atom. The minimum absolute atomic E-state index is 0.0195. The predicted molar refractivity (Wildman–Crippen MR) is 90.4 cm³/mol. The molecule has 8 nitrogen and oxygen atoms in total. The van der Waals surface area contributed by atoms with Crippen LogP contribution in [0.5, 0.6) is 17.2 Å². The number of hydrazone groups is 1. The van der Waals surface area contributed by atoms with Crippen LogP contribution in [0, 0.1) is 10.1 Å². The van der Waals surface area contributed by atoms with Crippen molar-refractivity contribution in [3.8, 4) is 17.2 Å². The van der Waals surface area contributed by atoms with E-state index in [-0.39, 0.29) is 5.69 Å². The highest BCUT2D eigenvalue weighted by Crippen LogP contribution is 2.38. The maximum Gasteiger partial charge on any atom is 0.269 e. The molecular weight excluding hydrogens is 314 g/mol. The van der Waals surface area contributed by atoms with Crippen LogP contribution in [0.1, 0.15) is 5.56 Å². The number of non-ortho nitro benzene ring substituents is 1. The van der Waals surface area contributed by atoms with Crippen molar-refractivity contribution < 1.29 is 19.1 Å². The molecule has 0 spiro atoms. The molecule has 0 saturated heterocycles. The van der Waals surface area contributed by atoms with E-state index in [0.29, 0.717) is 28.5 Å². The molecule has 0 radical (unpaired) electrons. The molecule has 2 aromatic carbocycles. The van der Waals surface area contributed by atoms with Gasteiger partial charge in [-0.2, -0.15) is 5.10 Å². The third-order valence-corrected chi connectivity index (χ3v) is 3.21. The second-order valence-corrected chi connectivity index (χ2v) is 4.60. The van der Waals surface area contributed by atoms with Gasteiger partial charge in [-0.3, -0.25) is 15.5 Å². The Hall–Kier alpha value is -3.29. The van der Waals surface area contributed by atoms with Crippen LogP contribution in [0.4, 0.5) is 11.4 Å². The Kier molecular flexibility index (Phi) is 5.56. The van der Waals surface area contributed by atoms with Crippen LogP contribution in [0.3, 0.4) is 0 Å². The lowest BCUT2D eigenvalue weighted by Gasteiger charge is -2.13. The van der Waals surface area contributed by atoms with Gasteiger partial charge in [0.25, 0.3) is 5.69 Å². The van der Waals surface area contributed by atoms with Crippen LogP contribution >= 0.6 is 0 Å². The molecule has 0 unspecified atom stereocenters.